The van der Waals surface area contributed by atoms with Crippen molar-refractivity contribution in [2.45, 2.75) is 6.42 Å². The van der Waals surface area contributed by atoms with Gasteiger partial charge in [-0.25, -0.2) is 4.90 Å². The minimum absolute atomic E-state index is 0.0841. The molecule has 2 aromatic carbocycles. The van der Waals surface area contributed by atoms with Crippen LogP contribution in [0.15, 0.2) is 54.6 Å². The monoisotopic (exact) mass is 474 g/mol. The molecular formula is C26H26N4O5. The predicted octanol–water partition coefficient (Wildman–Crippen LogP) is 3.24. The van der Waals surface area contributed by atoms with E-state index in [1.807, 2.05) is 41.3 Å². The van der Waals surface area contributed by atoms with Gasteiger partial charge in [0, 0.05) is 37.9 Å². The van der Waals surface area contributed by atoms with Crippen molar-refractivity contribution < 1.29 is 19.2 Å². The first-order valence-corrected chi connectivity index (χ1v) is 11.9. The molecule has 0 N–H and O–H groups in total. The SMILES string of the molecule is COc1ccc(N2CCN(c3ccc(N4C(=O)[C@H]5[C@H](C4=O)[C@H]4C=C[C@H]5C4)cc3[N+](=O)[O-])CC2)cc1. The van der Waals surface area contributed by atoms with E-state index in [0.29, 0.717) is 37.6 Å². The van der Waals surface area contributed by atoms with E-state index in [1.54, 1.807) is 19.2 Å². The first kappa shape index (κ1) is 21.6. The topological polar surface area (TPSA) is 96.2 Å². The van der Waals surface area contributed by atoms with Crippen LogP contribution in [-0.2, 0) is 9.59 Å². The molecule has 0 spiro atoms. The fourth-order valence-electron chi connectivity index (χ4n) is 6.22. The van der Waals surface area contributed by atoms with Gasteiger partial charge in [-0.3, -0.25) is 19.7 Å². The van der Waals surface area contributed by atoms with Gasteiger partial charge >= 0.3 is 0 Å². The maximum atomic E-state index is 13.1. The quantitative estimate of drug-likeness (QED) is 0.284. The number of allylic oxidation sites excluding steroid dienone is 2. The Bertz CT molecular complexity index is 1200. The molecule has 6 rings (SSSR count). The second-order valence-electron chi connectivity index (χ2n) is 9.61. The van der Waals surface area contributed by atoms with Crippen LogP contribution >= 0.6 is 0 Å². The maximum Gasteiger partial charge on any atom is 0.294 e. The van der Waals surface area contributed by atoms with E-state index in [-0.39, 0.29) is 41.2 Å². The molecule has 2 aliphatic heterocycles. The number of fused-ring (bicyclic) bond motifs is 5. The molecule has 2 saturated heterocycles. The second kappa shape index (κ2) is 8.11. The number of ether oxygens (including phenoxy) is 1. The van der Waals surface area contributed by atoms with E-state index in [9.17, 15) is 19.7 Å². The van der Waals surface area contributed by atoms with Gasteiger partial charge < -0.3 is 14.5 Å². The van der Waals surface area contributed by atoms with Gasteiger partial charge in [0.1, 0.15) is 11.4 Å². The largest absolute Gasteiger partial charge is 0.497 e. The third kappa shape index (κ3) is 3.37. The van der Waals surface area contributed by atoms with E-state index < -0.39 is 4.92 Å². The summed E-state index contributed by atoms with van der Waals surface area (Å²) in [6, 6.07) is 12.6. The molecule has 0 aromatic heterocycles. The van der Waals surface area contributed by atoms with Crippen LogP contribution in [0.25, 0.3) is 0 Å². The molecule has 2 aliphatic carbocycles. The molecule has 0 radical (unpaired) electrons. The Morgan fingerprint density at radius 1 is 0.857 bits per heavy atom. The fraction of sp³-hybridized carbons (Fsp3) is 0.385. The molecule has 2 amide bonds. The van der Waals surface area contributed by atoms with Gasteiger partial charge in [-0.15, -0.1) is 0 Å². The summed E-state index contributed by atoms with van der Waals surface area (Å²) < 4.78 is 5.22. The van der Waals surface area contributed by atoms with Crippen LogP contribution in [-0.4, -0.2) is 50.0 Å². The van der Waals surface area contributed by atoms with Crippen molar-refractivity contribution in [3.8, 4) is 5.75 Å². The molecule has 4 atom stereocenters. The molecule has 180 valence electrons. The van der Waals surface area contributed by atoms with Crippen LogP contribution in [0.4, 0.5) is 22.7 Å². The minimum Gasteiger partial charge on any atom is -0.497 e. The Labute approximate surface area is 202 Å². The van der Waals surface area contributed by atoms with Crippen LogP contribution in [0.2, 0.25) is 0 Å². The van der Waals surface area contributed by atoms with Gasteiger partial charge in [0.25, 0.3) is 5.69 Å². The van der Waals surface area contributed by atoms with E-state index >= 15 is 0 Å². The van der Waals surface area contributed by atoms with Gasteiger partial charge in [0.05, 0.1) is 29.6 Å². The first-order chi connectivity index (χ1) is 17.0. The molecule has 0 unspecified atom stereocenters. The molecule has 4 aliphatic rings. The van der Waals surface area contributed by atoms with Gasteiger partial charge in [0.2, 0.25) is 11.8 Å². The number of anilines is 3. The van der Waals surface area contributed by atoms with Crippen LogP contribution in [0.1, 0.15) is 6.42 Å². The molecular weight excluding hydrogens is 448 g/mol. The van der Waals surface area contributed by atoms with Gasteiger partial charge in [-0.05, 0) is 54.7 Å². The molecule has 1 saturated carbocycles. The Morgan fingerprint density at radius 3 is 2.00 bits per heavy atom. The van der Waals surface area contributed by atoms with Crippen molar-refractivity contribution in [1.29, 1.82) is 0 Å². The van der Waals surface area contributed by atoms with E-state index in [2.05, 4.69) is 4.90 Å². The molecule has 2 bridgehead atoms. The third-order valence-electron chi connectivity index (χ3n) is 7.94. The number of piperazine rings is 1. The van der Waals surface area contributed by atoms with Gasteiger partial charge in [0.15, 0.2) is 0 Å². The predicted molar refractivity (Wildman–Crippen MR) is 131 cm³/mol. The summed E-state index contributed by atoms with van der Waals surface area (Å²) in [6.45, 7) is 2.67. The van der Waals surface area contributed by atoms with Gasteiger partial charge in [-0.2, -0.15) is 0 Å². The lowest BCUT2D eigenvalue weighted by atomic mass is 9.85. The summed E-state index contributed by atoms with van der Waals surface area (Å²) in [5.41, 5.74) is 1.80. The molecule has 9 nitrogen and oxygen atoms in total. The number of nitro groups is 1. The van der Waals surface area contributed by atoms with Crippen LogP contribution in [0.5, 0.6) is 5.75 Å². The number of carbonyl (C=O) groups is 2. The maximum absolute atomic E-state index is 13.1. The number of carbonyl (C=O) groups excluding carboxylic acids is 2. The van der Waals surface area contributed by atoms with Crippen LogP contribution in [0, 0.1) is 33.8 Å². The average Bonchev–Trinajstić information content (AvgIpc) is 3.57. The Kier molecular flexibility index (Phi) is 5.01. The van der Waals surface area contributed by atoms with E-state index in [1.165, 1.54) is 11.0 Å². The number of methoxy groups -OCH3 is 1. The van der Waals surface area contributed by atoms with E-state index in [0.717, 1.165) is 17.9 Å². The average molecular weight is 475 g/mol. The summed E-state index contributed by atoms with van der Waals surface area (Å²) in [7, 11) is 1.63. The Balaban J connectivity index is 1.22. The van der Waals surface area contributed by atoms with Crippen molar-refractivity contribution in [1.82, 2.24) is 0 Å². The Hall–Kier alpha value is -3.88. The van der Waals surface area contributed by atoms with Crippen molar-refractivity contribution in [3.05, 3.63) is 64.7 Å². The molecule has 9 heteroatoms. The number of benzene rings is 2. The highest BCUT2D eigenvalue weighted by Crippen LogP contribution is 2.53. The van der Waals surface area contributed by atoms with Crippen LogP contribution < -0.4 is 19.4 Å². The summed E-state index contributed by atoms with van der Waals surface area (Å²) in [5.74, 6) is -0.125. The van der Waals surface area contributed by atoms with Crippen molar-refractivity contribution in [2.24, 2.45) is 23.7 Å². The summed E-state index contributed by atoms with van der Waals surface area (Å²) >= 11 is 0. The van der Waals surface area contributed by atoms with Crippen molar-refractivity contribution in [2.75, 3.05) is 48.0 Å². The number of imide groups is 1. The number of amides is 2. The first-order valence-electron chi connectivity index (χ1n) is 11.9. The fourth-order valence-corrected chi connectivity index (χ4v) is 6.22. The zero-order valence-corrected chi connectivity index (χ0v) is 19.4. The third-order valence-corrected chi connectivity index (χ3v) is 7.94. The zero-order chi connectivity index (χ0) is 24.3. The number of nitro benzene ring substituents is 1. The highest BCUT2D eigenvalue weighted by Gasteiger charge is 2.59. The molecule has 35 heavy (non-hydrogen) atoms. The Morgan fingerprint density at radius 2 is 1.43 bits per heavy atom. The lowest BCUT2D eigenvalue weighted by molar-refractivity contribution is -0.384. The zero-order valence-electron chi connectivity index (χ0n) is 19.4. The normalized spacial score (nSPS) is 27.1. The van der Waals surface area contributed by atoms with Crippen LogP contribution in [0.3, 0.4) is 0 Å². The summed E-state index contributed by atoms with van der Waals surface area (Å²) in [4.78, 5) is 43.3. The van der Waals surface area contributed by atoms with Gasteiger partial charge in [-0.1, -0.05) is 12.2 Å². The number of nitrogens with zero attached hydrogens (tertiary/aromatic N) is 4. The van der Waals surface area contributed by atoms with Crippen molar-refractivity contribution in [3.63, 3.8) is 0 Å². The highest BCUT2D eigenvalue weighted by molar-refractivity contribution is 6.23. The summed E-state index contributed by atoms with van der Waals surface area (Å²) in [5, 5.41) is 12.0. The number of hydrogen-bond donors (Lipinski definition) is 0. The molecule has 2 heterocycles. The lowest BCUT2D eigenvalue weighted by Gasteiger charge is -2.37. The number of rotatable bonds is 5. The van der Waals surface area contributed by atoms with Crippen molar-refractivity contribution >= 4 is 34.6 Å². The molecule has 2 aromatic rings. The minimum atomic E-state index is -0.425. The summed E-state index contributed by atoms with van der Waals surface area (Å²) in [6.07, 6.45) is 4.93. The molecule has 3 fully saturated rings. The number of hydrogen-bond acceptors (Lipinski definition) is 7. The second-order valence-corrected chi connectivity index (χ2v) is 9.61. The smallest absolute Gasteiger partial charge is 0.294 e. The highest BCUT2D eigenvalue weighted by atomic mass is 16.6. The standard InChI is InChI=1S/C26H26N4O5/c1-35-20-7-4-18(5-8-20)27-10-12-28(13-11-27)21-9-6-19(15-22(21)30(33)34)29-25(31)23-16-2-3-17(14-16)24(23)26(29)32/h2-9,15-17,23-24H,10-14H2,1H3/t16-,17-,23+,24+/m0/s1. The van der Waals surface area contributed by atoms with E-state index in [4.69, 9.17) is 4.74 Å². The lowest BCUT2D eigenvalue weighted by Crippen LogP contribution is -2.46.